The normalized spacial score (nSPS) is 22.6. The van der Waals surface area contributed by atoms with Crippen LogP contribution >= 0.6 is 27.7 Å². The van der Waals surface area contributed by atoms with Crippen LogP contribution in [0.15, 0.2) is 23.1 Å². The Balaban J connectivity index is 2.23. The Hall–Kier alpha value is -1.15. The Bertz CT molecular complexity index is 570. The topological polar surface area (TPSA) is 86.3 Å². The van der Waals surface area contributed by atoms with Crippen LogP contribution in [0.25, 0.3) is 0 Å². The van der Waals surface area contributed by atoms with Crippen LogP contribution in [-0.4, -0.2) is 19.9 Å². The molecule has 0 bridgehead atoms. The molecule has 1 aromatic carbocycles. The molecule has 0 heterocycles. The lowest BCUT2D eigenvalue weighted by molar-refractivity contribution is -0.396. The predicted octanol–water partition coefficient (Wildman–Crippen LogP) is 5.08. The molecule has 8 heteroatoms. The second kappa shape index (κ2) is 7.92. The van der Waals surface area contributed by atoms with Crippen LogP contribution in [0.2, 0.25) is 0 Å². The Morgan fingerprint density at radius 1 is 1.05 bits per heavy atom. The van der Waals surface area contributed by atoms with Crippen molar-refractivity contribution < 1.29 is 9.85 Å². The maximum absolute atomic E-state index is 11.2. The van der Waals surface area contributed by atoms with E-state index < -0.39 is 9.85 Å². The van der Waals surface area contributed by atoms with Crippen LogP contribution in [0.5, 0.6) is 0 Å². The fourth-order valence-electron chi connectivity index (χ4n) is 2.56. The molecular weight excluding hydrogens is 372 g/mol. The predicted molar refractivity (Wildman–Crippen MR) is 89.8 cm³/mol. The first-order valence-corrected chi connectivity index (χ1v) is 9.02. The highest BCUT2D eigenvalue weighted by Gasteiger charge is 2.26. The zero-order chi connectivity index (χ0) is 16.1. The summed E-state index contributed by atoms with van der Waals surface area (Å²) in [5.74, 6) is 0. The first-order chi connectivity index (χ1) is 10.5. The summed E-state index contributed by atoms with van der Waals surface area (Å²) < 4.78 is 0. The monoisotopic (exact) mass is 388 g/mol. The van der Waals surface area contributed by atoms with Crippen molar-refractivity contribution in [3.63, 3.8) is 0 Å². The Kier molecular flexibility index (Phi) is 6.19. The first kappa shape index (κ1) is 17.2. The number of alkyl halides is 1. The van der Waals surface area contributed by atoms with E-state index in [-0.39, 0.29) is 16.6 Å². The van der Waals surface area contributed by atoms with E-state index in [0.29, 0.717) is 9.72 Å². The van der Waals surface area contributed by atoms with Crippen LogP contribution in [0.4, 0.5) is 11.4 Å². The van der Waals surface area contributed by atoms with Crippen molar-refractivity contribution in [2.45, 2.75) is 53.5 Å². The van der Waals surface area contributed by atoms with Crippen molar-refractivity contribution in [2.24, 2.45) is 0 Å². The van der Waals surface area contributed by atoms with E-state index in [9.17, 15) is 20.2 Å². The smallest absolute Gasteiger partial charge is 0.258 e. The van der Waals surface area contributed by atoms with Crippen molar-refractivity contribution in [3.05, 3.63) is 38.4 Å². The molecular formula is C14H17BrN2O4S. The van der Waals surface area contributed by atoms with Crippen LogP contribution < -0.4 is 0 Å². The molecule has 0 amide bonds. The lowest BCUT2D eigenvalue weighted by Gasteiger charge is -2.24. The Morgan fingerprint density at radius 2 is 1.73 bits per heavy atom. The number of hydrogen-bond donors (Lipinski definition) is 0. The molecule has 1 aliphatic carbocycles. The van der Waals surface area contributed by atoms with E-state index >= 15 is 0 Å². The van der Waals surface area contributed by atoms with Gasteiger partial charge in [-0.3, -0.25) is 20.2 Å². The van der Waals surface area contributed by atoms with Gasteiger partial charge >= 0.3 is 0 Å². The molecule has 0 radical (unpaired) electrons. The summed E-state index contributed by atoms with van der Waals surface area (Å²) in [6, 6.07) is 3.88. The minimum absolute atomic E-state index is 0.180. The average Bonchev–Trinajstić information content (AvgIpc) is 2.46. The van der Waals surface area contributed by atoms with Crippen molar-refractivity contribution in [3.8, 4) is 0 Å². The van der Waals surface area contributed by atoms with Crippen molar-refractivity contribution in [1.29, 1.82) is 0 Å². The summed E-state index contributed by atoms with van der Waals surface area (Å²) in [5.41, 5.74) is -0.426. The standard InChI is InChI=1S/C14H17BrN2O4S/c15-11-5-3-1-2-4-6-13(11)22-14-8-7-10(16(18)19)9-12(14)17(20)21/h7-9,11,13H,1-6H2/t11-,13+/m1/s1. The molecule has 0 unspecified atom stereocenters. The first-order valence-electron chi connectivity index (χ1n) is 7.22. The van der Waals surface area contributed by atoms with Gasteiger partial charge in [0.25, 0.3) is 11.4 Å². The molecule has 0 aliphatic heterocycles. The van der Waals surface area contributed by atoms with Crippen LogP contribution in [0.1, 0.15) is 38.5 Å². The van der Waals surface area contributed by atoms with Gasteiger partial charge in [-0.1, -0.05) is 41.6 Å². The van der Waals surface area contributed by atoms with Crippen molar-refractivity contribution >= 4 is 39.1 Å². The SMILES string of the molecule is O=[N+]([O-])c1ccc(S[C@H]2CCCCCC[C@H]2Br)c([N+](=O)[O-])c1. The summed E-state index contributed by atoms with van der Waals surface area (Å²) >= 11 is 5.16. The number of nitrogens with zero attached hydrogens (tertiary/aromatic N) is 2. The zero-order valence-corrected chi connectivity index (χ0v) is 14.3. The van der Waals surface area contributed by atoms with Crippen LogP contribution in [0.3, 0.4) is 0 Å². The number of nitro benzene ring substituents is 2. The zero-order valence-electron chi connectivity index (χ0n) is 11.9. The summed E-state index contributed by atoms with van der Waals surface area (Å²) in [6.07, 6.45) is 6.75. The van der Waals surface area contributed by atoms with E-state index in [4.69, 9.17) is 0 Å². The highest BCUT2D eigenvalue weighted by molar-refractivity contribution is 9.09. The minimum atomic E-state index is -0.607. The largest absolute Gasteiger partial charge is 0.289 e. The van der Waals surface area contributed by atoms with E-state index in [2.05, 4.69) is 15.9 Å². The fraction of sp³-hybridized carbons (Fsp3) is 0.571. The van der Waals surface area contributed by atoms with Gasteiger partial charge in [-0.25, -0.2) is 0 Å². The molecule has 6 nitrogen and oxygen atoms in total. The lowest BCUT2D eigenvalue weighted by atomic mass is 10.0. The van der Waals surface area contributed by atoms with Gasteiger partial charge in [0.2, 0.25) is 0 Å². The number of hydrogen-bond acceptors (Lipinski definition) is 5. The van der Waals surface area contributed by atoms with Gasteiger partial charge < -0.3 is 0 Å². The van der Waals surface area contributed by atoms with Crippen molar-refractivity contribution in [1.82, 2.24) is 0 Å². The van der Waals surface area contributed by atoms with Gasteiger partial charge in [-0.05, 0) is 18.9 Å². The number of benzene rings is 1. The summed E-state index contributed by atoms with van der Waals surface area (Å²) in [7, 11) is 0. The summed E-state index contributed by atoms with van der Waals surface area (Å²) in [6.45, 7) is 0. The van der Waals surface area contributed by atoms with E-state index in [1.165, 1.54) is 36.7 Å². The molecule has 1 fully saturated rings. The Labute approximate surface area is 141 Å². The summed E-state index contributed by atoms with van der Waals surface area (Å²) in [5, 5.41) is 22.2. The van der Waals surface area contributed by atoms with Crippen LogP contribution in [-0.2, 0) is 0 Å². The third-order valence-corrected chi connectivity index (χ3v) is 6.66. The molecule has 22 heavy (non-hydrogen) atoms. The number of non-ortho nitro benzene ring substituents is 1. The van der Waals surface area contributed by atoms with E-state index in [1.807, 2.05) is 0 Å². The maximum atomic E-state index is 11.2. The molecule has 0 aromatic heterocycles. The minimum Gasteiger partial charge on any atom is -0.258 e. The lowest BCUT2D eigenvalue weighted by Crippen LogP contribution is -2.19. The quantitative estimate of drug-likeness (QED) is 0.407. The van der Waals surface area contributed by atoms with Gasteiger partial charge in [-0.2, -0.15) is 0 Å². The van der Waals surface area contributed by atoms with Crippen molar-refractivity contribution in [2.75, 3.05) is 0 Å². The van der Waals surface area contributed by atoms with E-state index in [1.54, 1.807) is 0 Å². The average molecular weight is 389 g/mol. The van der Waals surface area contributed by atoms with Gasteiger partial charge in [0.05, 0.1) is 20.8 Å². The summed E-state index contributed by atoms with van der Waals surface area (Å²) in [4.78, 5) is 21.7. The molecule has 2 rings (SSSR count). The van der Waals surface area contributed by atoms with Crippen LogP contribution in [0, 0.1) is 20.2 Å². The third kappa shape index (κ3) is 4.42. The highest BCUT2D eigenvalue weighted by Crippen LogP contribution is 2.40. The molecule has 1 aromatic rings. The van der Waals surface area contributed by atoms with Gasteiger partial charge in [-0.15, -0.1) is 11.8 Å². The number of thioether (sulfide) groups is 1. The molecule has 120 valence electrons. The highest BCUT2D eigenvalue weighted by atomic mass is 79.9. The second-order valence-corrected chi connectivity index (χ2v) is 7.79. The molecule has 1 saturated carbocycles. The third-order valence-electron chi connectivity index (χ3n) is 3.75. The van der Waals surface area contributed by atoms with Gasteiger partial charge in [0.15, 0.2) is 0 Å². The molecule has 0 N–H and O–H groups in total. The fourth-order valence-corrected chi connectivity index (χ4v) is 4.77. The number of halogens is 1. The molecule has 1 aliphatic rings. The second-order valence-electron chi connectivity index (χ2n) is 5.33. The van der Waals surface area contributed by atoms with Gasteiger partial charge in [0.1, 0.15) is 0 Å². The molecule has 0 spiro atoms. The van der Waals surface area contributed by atoms with E-state index in [0.717, 1.165) is 31.7 Å². The number of rotatable bonds is 4. The molecule has 0 saturated heterocycles. The molecule has 2 atom stereocenters. The Morgan fingerprint density at radius 3 is 2.36 bits per heavy atom. The number of nitro groups is 2. The van der Waals surface area contributed by atoms with Gasteiger partial charge in [0, 0.05) is 16.1 Å². The maximum Gasteiger partial charge on any atom is 0.289 e.